The van der Waals surface area contributed by atoms with E-state index in [9.17, 15) is 8.78 Å². The number of halogens is 2. The first-order chi connectivity index (χ1) is 14.7. The highest BCUT2D eigenvalue weighted by Crippen LogP contribution is 2.27. The molecule has 0 aliphatic rings. The fourth-order valence-electron chi connectivity index (χ4n) is 3.31. The molecular weight excluding hydrogens is 384 g/mol. The first-order valence-corrected chi connectivity index (χ1v) is 9.44. The van der Waals surface area contributed by atoms with Gasteiger partial charge in [0.15, 0.2) is 23.3 Å². The Morgan fingerprint density at radius 2 is 1.60 bits per heavy atom. The summed E-state index contributed by atoms with van der Waals surface area (Å²) < 4.78 is 26.7. The Kier molecular flexibility index (Phi) is 4.48. The lowest BCUT2D eigenvalue weighted by Gasteiger charge is -2.14. The predicted octanol–water partition coefficient (Wildman–Crippen LogP) is 5.75. The second-order valence-corrected chi connectivity index (χ2v) is 6.92. The second kappa shape index (κ2) is 7.44. The number of benzene rings is 3. The second-order valence-electron chi connectivity index (χ2n) is 6.92. The third-order valence-electron chi connectivity index (χ3n) is 4.83. The maximum absolute atomic E-state index is 13.5. The van der Waals surface area contributed by atoms with Crippen molar-refractivity contribution in [3.63, 3.8) is 0 Å². The van der Waals surface area contributed by atoms with Gasteiger partial charge in [0, 0.05) is 29.3 Å². The van der Waals surface area contributed by atoms with Gasteiger partial charge in [0.25, 0.3) is 0 Å². The number of hydrogen-bond acceptors (Lipinski definition) is 4. The summed E-state index contributed by atoms with van der Waals surface area (Å²) in [5.41, 5.74) is 3.99. The van der Waals surface area contributed by atoms with Gasteiger partial charge in [-0.05, 0) is 54.1 Å². The Hall–Kier alpha value is -4.00. The molecule has 0 fully saturated rings. The summed E-state index contributed by atoms with van der Waals surface area (Å²) in [5.74, 6) is -0.678. The molecule has 0 saturated heterocycles. The maximum Gasteiger partial charge on any atom is 0.174 e. The third-order valence-corrected chi connectivity index (χ3v) is 4.83. The summed E-state index contributed by atoms with van der Waals surface area (Å²) in [7, 11) is 0. The van der Waals surface area contributed by atoms with E-state index in [0.717, 1.165) is 33.7 Å². The van der Waals surface area contributed by atoms with Crippen molar-refractivity contribution in [2.75, 3.05) is 10.6 Å². The summed E-state index contributed by atoms with van der Waals surface area (Å²) in [6.45, 7) is 0.274. The number of fused-ring (bicyclic) bond motifs is 2. The van der Waals surface area contributed by atoms with Gasteiger partial charge in [0.2, 0.25) is 0 Å². The molecule has 0 radical (unpaired) electrons. The SMILES string of the molecule is Fc1ccc(CNc2nc3ccccc3nc2Nc2ccc3[nH]ccc3c2)cc1F. The molecule has 0 unspecified atom stereocenters. The van der Waals surface area contributed by atoms with Gasteiger partial charge in [-0.15, -0.1) is 0 Å². The van der Waals surface area contributed by atoms with E-state index in [1.54, 1.807) is 0 Å². The van der Waals surface area contributed by atoms with E-state index >= 15 is 0 Å². The Labute approximate surface area is 170 Å². The molecule has 0 aliphatic heterocycles. The molecule has 0 bridgehead atoms. The predicted molar refractivity (Wildman–Crippen MR) is 115 cm³/mol. The molecule has 148 valence electrons. The van der Waals surface area contributed by atoms with E-state index in [0.29, 0.717) is 17.2 Å². The van der Waals surface area contributed by atoms with Crippen LogP contribution in [0.5, 0.6) is 0 Å². The van der Waals surface area contributed by atoms with Crippen LogP contribution in [0.1, 0.15) is 5.56 Å². The van der Waals surface area contributed by atoms with Gasteiger partial charge in [-0.1, -0.05) is 18.2 Å². The summed E-state index contributed by atoms with van der Waals surface area (Å²) in [5, 5.41) is 7.58. The molecule has 5 rings (SSSR count). The normalized spacial score (nSPS) is 11.1. The van der Waals surface area contributed by atoms with E-state index in [-0.39, 0.29) is 6.54 Å². The van der Waals surface area contributed by atoms with Gasteiger partial charge in [-0.25, -0.2) is 18.7 Å². The Morgan fingerprint density at radius 1 is 0.800 bits per heavy atom. The topological polar surface area (TPSA) is 65.6 Å². The average Bonchev–Trinajstić information content (AvgIpc) is 3.22. The largest absolute Gasteiger partial charge is 0.363 e. The van der Waals surface area contributed by atoms with Crippen LogP contribution in [0.15, 0.2) is 72.9 Å². The summed E-state index contributed by atoms with van der Waals surface area (Å²) >= 11 is 0. The van der Waals surface area contributed by atoms with Crippen LogP contribution < -0.4 is 10.6 Å². The quantitative estimate of drug-likeness (QED) is 0.351. The van der Waals surface area contributed by atoms with Crippen molar-refractivity contribution >= 4 is 39.3 Å². The molecule has 0 spiro atoms. The van der Waals surface area contributed by atoms with Crippen molar-refractivity contribution in [2.24, 2.45) is 0 Å². The molecule has 2 heterocycles. The van der Waals surface area contributed by atoms with E-state index in [2.05, 4.69) is 20.6 Å². The van der Waals surface area contributed by atoms with Crippen molar-refractivity contribution in [1.82, 2.24) is 15.0 Å². The lowest BCUT2D eigenvalue weighted by molar-refractivity contribution is 0.507. The van der Waals surface area contributed by atoms with E-state index < -0.39 is 11.6 Å². The number of aromatic amines is 1. The molecule has 7 heteroatoms. The van der Waals surface area contributed by atoms with Crippen LogP contribution in [0.3, 0.4) is 0 Å². The number of para-hydroxylation sites is 2. The fraction of sp³-hybridized carbons (Fsp3) is 0.0435. The lowest BCUT2D eigenvalue weighted by Crippen LogP contribution is -2.07. The minimum absolute atomic E-state index is 0.274. The molecule has 0 atom stereocenters. The molecule has 0 saturated carbocycles. The minimum atomic E-state index is -0.878. The van der Waals surface area contributed by atoms with Crippen molar-refractivity contribution in [1.29, 1.82) is 0 Å². The molecule has 5 nitrogen and oxygen atoms in total. The zero-order chi connectivity index (χ0) is 20.5. The minimum Gasteiger partial charge on any atom is -0.363 e. The Morgan fingerprint density at radius 3 is 2.40 bits per heavy atom. The highest BCUT2D eigenvalue weighted by atomic mass is 19.2. The first-order valence-electron chi connectivity index (χ1n) is 9.44. The summed E-state index contributed by atoms with van der Waals surface area (Å²) in [4.78, 5) is 12.5. The molecular formula is C23H17F2N5. The standard InChI is InChI=1S/C23H17F2N5/c24-17-7-5-14(11-18(17)25)13-27-22-23(30-21-4-2-1-3-20(21)29-22)28-16-6-8-19-15(12-16)9-10-26-19/h1-12,26H,13H2,(H,27,29)(H,28,30). The molecule has 2 aromatic heterocycles. The monoisotopic (exact) mass is 401 g/mol. The van der Waals surface area contributed by atoms with Crippen LogP contribution in [0.25, 0.3) is 21.9 Å². The van der Waals surface area contributed by atoms with Gasteiger partial charge in [0.05, 0.1) is 11.0 Å². The fourth-order valence-corrected chi connectivity index (χ4v) is 3.31. The number of nitrogens with zero attached hydrogens (tertiary/aromatic N) is 2. The summed E-state index contributed by atoms with van der Waals surface area (Å²) in [6, 6.07) is 19.3. The van der Waals surface area contributed by atoms with Gasteiger partial charge in [-0.3, -0.25) is 0 Å². The highest BCUT2D eigenvalue weighted by Gasteiger charge is 2.11. The highest BCUT2D eigenvalue weighted by molar-refractivity contribution is 5.86. The Balaban J connectivity index is 1.49. The van der Waals surface area contributed by atoms with E-state index in [4.69, 9.17) is 4.98 Å². The molecule has 5 aromatic rings. The molecule has 3 aromatic carbocycles. The van der Waals surface area contributed by atoms with Crippen LogP contribution >= 0.6 is 0 Å². The number of hydrogen-bond donors (Lipinski definition) is 3. The summed E-state index contributed by atoms with van der Waals surface area (Å²) in [6.07, 6.45) is 1.89. The van der Waals surface area contributed by atoms with Crippen molar-refractivity contribution in [2.45, 2.75) is 6.54 Å². The molecule has 3 N–H and O–H groups in total. The zero-order valence-electron chi connectivity index (χ0n) is 15.8. The van der Waals surface area contributed by atoms with Gasteiger partial charge in [-0.2, -0.15) is 0 Å². The van der Waals surface area contributed by atoms with Crippen LogP contribution in [0, 0.1) is 11.6 Å². The van der Waals surface area contributed by atoms with E-state index in [1.807, 2.05) is 54.7 Å². The van der Waals surface area contributed by atoms with Crippen LogP contribution in [-0.4, -0.2) is 15.0 Å². The maximum atomic E-state index is 13.5. The number of anilines is 3. The number of H-pyrrole nitrogens is 1. The molecule has 30 heavy (non-hydrogen) atoms. The number of nitrogens with one attached hydrogen (secondary N) is 3. The van der Waals surface area contributed by atoms with Gasteiger partial charge < -0.3 is 15.6 Å². The van der Waals surface area contributed by atoms with Crippen molar-refractivity contribution in [3.8, 4) is 0 Å². The lowest BCUT2D eigenvalue weighted by atomic mass is 10.2. The van der Waals surface area contributed by atoms with Crippen molar-refractivity contribution < 1.29 is 8.78 Å². The average molecular weight is 401 g/mol. The first kappa shape index (κ1) is 18.1. The number of rotatable bonds is 5. The van der Waals surface area contributed by atoms with Crippen LogP contribution in [0.4, 0.5) is 26.1 Å². The number of aromatic nitrogens is 3. The third kappa shape index (κ3) is 3.53. The Bertz CT molecular complexity index is 1360. The van der Waals surface area contributed by atoms with Crippen LogP contribution in [-0.2, 0) is 6.54 Å². The smallest absolute Gasteiger partial charge is 0.174 e. The molecule has 0 aliphatic carbocycles. The van der Waals surface area contributed by atoms with Gasteiger partial charge >= 0.3 is 0 Å². The van der Waals surface area contributed by atoms with Crippen LogP contribution in [0.2, 0.25) is 0 Å². The molecule has 0 amide bonds. The van der Waals surface area contributed by atoms with Gasteiger partial charge in [0.1, 0.15) is 0 Å². The van der Waals surface area contributed by atoms with Crippen molar-refractivity contribution in [3.05, 3.63) is 90.1 Å². The zero-order valence-corrected chi connectivity index (χ0v) is 15.8. The van der Waals surface area contributed by atoms with E-state index in [1.165, 1.54) is 12.1 Å².